The lowest BCUT2D eigenvalue weighted by molar-refractivity contribution is 1.29. The fourth-order valence-electron chi connectivity index (χ4n) is 5.28. The van der Waals surface area contributed by atoms with Crippen molar-refractivity contribution < 1.29 is 0 Å². The molecule has 4 aromatic carbocycles. The molecular weight excluding hydrogens is 520 g/mol. The van der Waals surface area contributed by atoms with Gasteiger partial charge < -0.3 is 21.8 Å². The van der Waals surface area contributed by atoms with E-state index >= 15 is 0 Å². The molecule has 0 amide bonds. The number of nitrogens with one attached hydrogen (secondary N) is 2. The molecule has 6 N–H and O–H groups in total. The van der Waals surface area contributed by atoms with Gasteiger partial charge >= 0.3 is 0 Å². The van der Waals surface area contributed by atoms with Crippen molar-refractivity contribution in [2.45, 2.75) is 0 Å². The number of aromatic nitrogens is 1. The van der Waals surface area contributed by atoms with Crippen molar-refractivity contribution in [3.05, 3.63) is 144 Å². The molecule has 202 valence electrons. The van der Waals surface area contributed by atoms with Gasteiger partial charge in [-0.2, -0.15) is 0 Å². The molecule has 0 saturated carbocycles. The Hall–Kier alpha value is -6.02. The van der Waals surface area contributed by atoms with Crippen LogP contribution in [-0.4, -0.2) is 28.3 Å². The highest BCUT2D eigenvalue weighted by molar-refractivity contribution is 6.27. The predicted molar refractivity (Wildman–Crippen MR) is 173 cm³/mol. The third-order valence-electron chi connectivity index (χ3n) is 7.29. The van der Waals surface area contributed by atoms with Crippen LogP contribution in [0.1, 0.15) is 33.4 Å². The van der Waals surface area contributed by atoms with Crippen molar-refractivity contribution >= 4 is 57.1 Å². The average Bonchev–Trinajstić information content (AvgIpc) is 3.65. The van der Waals surface area contributed by atoms with E-state index in [-0.39, 0.29) is 0 Å². The van der Waals surface area contributed by atoms with Gasteiger partial charge in [-0.15, -0.1) is 0 Å². The van der Waals surface area contributed by atoms with Crippen molar-refractivity contribution in [1.82, 2.24) is 10.3 Å². The number of fused-ring (bicyclic) bond motifs is 3. The Labute approximate surface area is 242 Å². The van der Waals surface area contributed by atoms with Crippen molar-refractivity contribution in [3.8, 4) is 0 Å². The number of amidine groups is 4. The first kappa shape index (κ1) is 25.0. The molecule has 2 aliphatic rings. The van der Waals surface area contributed by atoms with Gasteiger partial charge in [-0.1, -0.05) is 110 Å². The Morgan fingerprint density at radius 3 is 2.00 bits per heavy atom. The number of aromatic amines is 1. The van der Waals surface area contributed by atoms with Crippen LogP contribution in [0, 0.1) is 0 Å². The van der Waals surface area contributed by atoms with Crippen molar-refractivity contribution in [2.24, 2.45) is 31.4 Å². The number of benzene rings is 4. The maximum Gasteiger partial charge on any atom is 0.164 e. The molecule has 0 spiro atoms. The van der Waals surface area contributed by atoms with E-state index in [4.69, 9.17) is 31.4 Å². The van der Waals surface area contributed by atoms with Gasteiger partial charge in [0.25, 0.3) is 0 Å². The first-order valence-electron chi connectivity index (χ1n) is 13.4. The molecule has 0 aliphatic carbocycles. The summed E-state index contributed by atoms with van der Waals surface area (Å²) in [6, 6.07) is 31.4. The number of H-pyrrole nitrogens is 1. The largest absolute Gasteiger partial charge is 0.399 e. The van der Waals surface area contributed by atoms with Crippen LogP contribution in [0.4, 0.5) is 11.6 Å². The second-order valence-corrected chi connectivity index (χ2v) is 9.96. The summed E-state index contributed by atoms with van der Waals surface area (Å²) >= 11 is 0. The molecule has 0 bridgehead atoms. The van der Waals surface area contributed by atoms with E-state index in [2.05, 4.69) is 23.5 Å². The number of rotatable bonds is 4. The lowest BCUT2D eigenvalue weighted by Crippen LogP contribution is -2.16. The summed E-state index contributed by atoms with van der Waals surface area (Å²) in [4.78, 5) is 22.9. The zero-order valence-electron chi connectivity index (χ0n) is 22.6. The lowest BCUT2D eigenvalue weighted by Gasteiger charge is -2.08. The lowest BCUT2D eigenvalue weighted by atomic mass is 10.0. The predicted octanol–water partition coefficient (Wildman–Crippen LogP) is 5.99. The minimum Gasteiger partial charge on any atom is -0.399 e. The third kappa shape index (κ3) is 4.18. The molecule has 7 rings (SSSR count). The smallest absolute Gasteiger partial charge is 0.164 e. The highest BCUT2D eigenvalue weighted by Gasteiger charge is 2.25. The van der Waals surface area contributed by atoms with E-state index in [0.29, 0.717) is 46.2 Å². The van der Waals surface area contributed by atoms with E-state index in [0.717, 1.165) is 44.3 Å². The van der Waals surface area contributed by atoms with E-state index < -0.39 is 0 Å². The number of hydrogen-bond acceptors (Lipinski definition) is 4. The van der Waals surface area contributed by atoms with E-state index in [1.807, 2.05) is 97.1 Å². The quantitative estimate of drug-likeness (QED) is 0.163. The number of aliphatic imine (C=N–C) groups is 4. The molecule has 0 radical (unpaired) electrons. The molecule has 1 aromatic heterocycles. The fourth-order valence-corrected chi connectivity index (χ4v) is 5.28. The van der Waals surface area contributed by atoms with Crippen LogP contribution in [0.5, 0.6) is 0 Å². The van der Waals surface area contributed by atoms with Crippen LogP contribution in [0.2, 0.25) is 0 Å². The highest BCUT2D eigenvalue weighted by atomic mass is 15.1. The van der Waals surface area contributed by atoms with Gasteiger partial charge in [0.05, 0.1) is 0 Å². The molecular formula is C34H26N8. The average molecular weight is 547 g/mol. The van der Waals surface area contributed by atoms with Crippen LogP contribution in [0.15, 0.2) is 130 Å². The van der Waals surface area contributed by atoms with Crippen LogP contribution < -0.4 is 16.8 Å². The third-order valence-corrected chi connectivity index (χ3v) is 7.29. The molecule has 0 atom stereocenters. The summed E-state index contributed by atoms with van der Waals surface area (Å²) in [5, 5.41) is 5.07. The molecule has 42 heavy (non-hydrogen) atoms. The summed E-state index contributed by atoms with van der Waals surface area (Å²) in [7, 11) is 0. The second kappa shape index (κ2) is 9.87. The maximum absolute atomic E-state index is 6.48. The van der Waals surface area contributed by atoms with E-state index in [1.165, 1.54) is 0 Å². The minimum atomic E-state index is 0.316. The molecule has 3 heterocycles. The molecule has 8 nitrogen and oxygen atoms in total. The summed E-state index contributed by atoms with van der Waals surface area (Å²) in [6.45, 7) is 8.00. The first-order valence-corrected chi connectivity index (χ1v) is 13.4. The monoisotopic (exact) mass is 546 g/mol. The number of nitrogens with zero attached hydrogens (tertiary/aromatic N) is 4. The normalized spacial score (nSPS) is 16.0. The Balaban J connectivity index is 1.33. The van der Waals surface area contributed by atoms with Crippen LogP contribution >= 0.6 is 0 Å². The van der Waals surface area contributed by atoms with Gasteiger partial charge in [0, 0.05) is 55.5 Å². The number of hydrogen-bond donors (Lipinski definition) is 4. The van der Waals surface area contributed by atoms with Gasteiger partial charge in [-0.3, -0.25) is 0 Å². The summed E-state index contributed by atoms with van der Waals surface area (Å²) in [5.74, 6) is 3.36. The van der Waals surface area contributed by atoms with E-state index in [1.54, 1.807) is 0 Å². The zero-order valence-corrected chi connectivity index (χ0v) is 22.6. The SMILES string of the molecule is C=C(N)c1ccccc1C(N)=Nc1[nH]c(N=C2N=C(N=C3NC(=C)c4ccccc43)c3ccccc32)c2ccccc12. The zero-order chi connectivity index (χ0) is 28.8. The highest BCUT2D eigenvalue weighted by Crippen LogP contribution is 2.35. The standard InChI is InChI=1S/C34H26N8/c1-19(35)21-11-3-5-13-23(21)29(36)38-31-25-15-7-8-16-26(25)33(40-31)42-34-28-18-10-9-17-27(28)32(41-34)39-30-24-14-6-4-12-22(24)20(2)37-30/h3-18,40H,1-2,35H2,(H2,36,38)(H,37,39,41,42). The van der Waals surface area contributed by atoms with Gasteiger partial charge in [0.1, 0.15) is 23.3 Å². The molecule has 5 aromatic rings. The van der Waals surface area contributed by atoms with E-state index in [9.17, 15) is 0 Å². The van der Waals surface area contributed by atoms with Crippen molar-refractivity contribution in [2.75, 3.05) is 0 Å². The summed E-state index contributed by atoms with van der Waals surface area (Å²) < 4.78 is 0. The van der Waals surface area contributed by atoms with Crippen LogP contribution in [0.3, 0.4) is 0 Å². The molecule has 0 unspecified atom stereocenters. The minimum absolute atomic E-state index is 0.316. The summed E-state index contributed by atoms with van der Waals surface area (Å²) in [5.41, 5.74) is 19.0. The first-order chi connectivity index (χ1) is 20.5. The molecule has 0 fully saturated rings. The van der Waals surface area contributed by atoms with Gasteiger partial charge in [0.15, 0.2) is 11.7 Å². The Morgan fingerprint density at radius 1 is 0.667 bits per heavy atom. The summed E-state index contributed by atoms with van der Waals surface area (Å²) in [6.07, 6.45) is 0. The molecule has 8 heteroatoms. The molecule has 2 aliphatic heterocycles. The Kier molecular flexibility index (Phi) is 5.87. The fraction of sp³-hybridized carbons (Fsp3) is 0. The van der Waals surface area contributed by atoms with Crippen LogP contribution in [0.25, 0.3) is 22.2 Å². The van der Waals surface area contributed by atoms with Gasteiger partial charge in [0.2, 0.25) is 0 Å². The second-order valence-electron chi connectivity index (χ2n) is 9.96. The molecule has 0 saturated heterocycles. The van der Waals surface area contributed by atoms with Crippen molar-refractivity contribution in [3.63, 3.8) is 0 Å². The van der Waals surface area contributed by atoms with Crippen LogP contribution in [-0.2, 0) is 0 Å². The van der Waals surface area contributed by atoms with Crippen molar-refractivity contribution in [1.29, 1.82) is 0 Å². The van der Waals surface area contributed by atoms with Gasteiger partial charge in [-0.05, 0) is 0 Å². The number of nitrogens with two attached hydrogens (primary N) is 2. The Morgan fingerprint density at radius 2 is 1.26 bits per heavy atom. The van der Waals surface area contributed by atoms with Gasteiger partial charge in [-0.25, -0.2) is 20.0 Å². The maximum atomic E-state index is 6.48. The topological polar surface area (TPSA) is 129 Å². The Bertz CT molecular complexity index is 2070.